The zero-order valence-electron chi connectivity index (χ0n) is 21.3. The SMILES string of the molecule is CSc1cccc(NC(=O)CN2C(=O)S/C(=C\c3c(C)n(Cc4ccccc4C#N)c4ccccc34)C2=O)c1. The van der Waals surface area contributed by atoms with Crippen molar-refractivity contribution in [3.8, 4) is 6.07 Å². The molecule has 2 heterocycles. The summed E-state index contributed by atoms with van der Waals surface area (Å²) >= 11 is 2.38. The molecule has 0 bridgehead atoms. The van der Waals surface area contributed by atoms with Crippen LogP contribution in [0.25, 0.3) is 17.0 Å². The highest BCUT2D eigenvalue weighted by Crippen LogP contribution is 2.36. The molecule has 4 aromatic rings. The summed E-state index contributed by atoms with van der Waals surface area (Å²) in [6.07, 6.45) is 3.67. The number of aromatic nitrogens is 1. The summed E-state index contributed by atoms with van der Waals surface area (Å²) in [5.41, 5.74) is 4.79. The Hall–Kier alpha value is -4.26. The minimum absolute atomic E-state index is 0.264. The summed E-state index contributed by atoms with van der Waals surface area (Å²) in [5, 5.41) is 12.8. The van der Waals surface area contributed by atoms with Crippen molar-refractivity contribution >= 4 is 63.2 Å². The molecule has 0 aliphatic carbocycles. The van der Waals surface area contributed by atoms with E-state index in [2.05, 4.69) is 16.0 Å². The Morgan fingerprint density at radius 3 is 2.64 bits per heavy atom. The number of thioether (sulfide) groups is 2. The Morgan fingerprint density at radius 1 is 1.08 bits per heavy atom. The molecule has 0 unspecified atom stereocenters. The molecule has 39 heavy (non-hydrogen) atoms. The van der Waals surface area contributed by atoms with Gasteiger partial charge in [0.2, 0.25) is 5.91 Å². The van der Waals surface area contributed by atoms with Gasteiger partial charge in [0.1, 0.15) is 6.54 Å². The van der Waals surface area contributed by atoms with Gasteiger partial charge in [-0.05, 0) is 66.9 Å². The third kappa shape index (κ3) is 5.35. The topological polar surface area (TPSA) is 95.2 Å². The normalized spacial score (nSPS) is 14.3. The predicted molar refractivity (Wildman–Crippen MR) is 156 cm³/mol. The fourth-order valence-corrected chi connectivity index (χ4v) is 5.87. The summed E-state index contributed by atoms with van der Waals surface area (Å²) in [4.78, 5) is 40.9. The summed E-state index contributed by atoms with van der Waals surface area (Å²) < 4.78 is 2.11. The van der Waals surface area contributed by atoms with Gasteiger partial charge in [-0.15, -0.1) is 11.8 Å². The average Bonchev–Trinajstić information content (AvgIpc) is 3.36. The molecule has 1 aromatic heterocycles. The fourth-order valence-electron chi connectivity index (χ4n) is 4.59. The number of amides is 3. The van der Waals surface area contributed by atoms with Gasteiger partial charge in [0.15, 0.2) is 0 Å². The zero-order valence-corrected chi connectivity index (χ0v) is 22.9. The largest absolute Gasteiger partial charge is 0.340 e. The number of para-hydroxylation sites is 1. The standard InChI is InChI=1S/C30H24N4O3S2/c1-19-25(24-12-5-6-13-26(24)33(19)17-21-9-4-3-8-20(21)16-31)15-27-29(36)34(30(37)39-27)18-28(35)32-22-10-7-11-23(14-22)38-2/h3-15H,17-18H2,1-2H3,(H,32,35)/b27-15-. The van der Waals surface area contributed by atoms with Crippen molar-refractivity contribution < 1.29 is 14.4 Å². The fraction of sp³-hybridized carbons (Fsp3) is 0.133. The Kier molecular flexibility index (Phi) is 7.59. The highest BCUT2D eigenvalue weighted by atomic mass is 32.2. The molecular weight excluding hydrogens is 528 g/mol. The number of hydrogen-bond donors (Lipinski definition) is 1. The molecule has 1 fully saturated rings. The van der Waals surface area contributed by atoms with Gasteiger partial charge < -0.3 is 9.88 Å². The van der Waals surface area contributed by atoms with Crippen LogP contribution in [0.3, 0.4) is 0 Å². The van der Waals surface area contributed by atoms with Gasteiger partial charge >= 0.3 is 0 Å². The molecule has 194 valence electrons. The van der Waals surface area contributed by atoms with Gasteiger partial charge in [0.25, 0.3) is 11.1 Å². The number of benzene rings is 3. The molecule has 5 rings (SSSR count). The van der Waals surface area contributed by atoms with E-state index in [1.165, 1.54) is 0 Å². The van der Waals surface area contributed by atoms with Gasteiger partial charge in [0.05, 0.1) is 16.5 Å². The van der Waals surface area contributed by atoms with Crippen molar-refractivity contribution in [1.82, 2.24) is 9.47 Å². The van der Waals surface area contributed by atoms with E-state index in [1.54, 1.807) is 30.0 Å². The van der Waals surface area contributed by atoms with E-state index in [9.17, 15) is 19.6 Å². The molecular formula is C30H24N4O3S2. The van der Waals surface area contributed by atoms with Crippen molar-refractivity contribution in [1.29, 1.82) is 5.26 Å². The number of nitrogens with one attached hydrogen (secondary N) is 1. The second-order valence-corrected chi connectivity index (χ2v) is 10.8. The maximum atomic E-state index is 13.2. The molecule has 0 saturated carbocycles. The summed E-state index contributed by atoms with van der Waals surface area (Å²) in [6.45, 7) is 2.09. The smallest absolute Gasteiger partial charge is 0.294 e. The van der Waals surface area contributed by atoms with E-state index < -0.39 is 17.1 Å². The first-order chi connectivity index (χ1) is 18.9. The molecule has 3 aromatic carbocycles. The lowest BCUT2D eigenvalue weighted by Gasteiger charge is -2.12. The minimum Gasteiger partial charge on any atom is -0.340 e. The summed E-state index contributed by atoms with van der Waals surface area (Å²) in [7, 11) is 0. The van der Waals surface area contributed by atoms with E-state index in [-0.39, 0.29) is 11.4 Å². The molecule has 1 saturated heterocycles. The molecule has 1 aliphatic heterocycles. The third-order valence-corrected chi connectivity index (χ3v) is 8.18. The van der Waals surface area contributed by atoms with Crippen LogP contribution in [-0.2, 0) is 16.1 Å². The quantitative estimate of drug-likeness (QED) is 0.215. The van der Waals surface area contributed by atoms with E-state index in [0.717, 1.165) is 49.3 Å². The van der Waals surface area contributed by atoms with Gasteiger partial charge in [0, 0.05) is 39.3 Å². The molecule has 0 radical (unpaired) electrons. The van der Waals surface area contributed by atoms with Crippen LogP contribution in [-0.4, -0.2) is 39.3 Å². The molecule has 1 aliphatic rings. The molecule has 0 spiro atoms. The average molecular weight is 553 g/mol. The van der Waals surface area contributed by atoms with E-state index in [1.807, 2.05) is 73.8 Å². The number of nitriles is 1. The first kappa shape index (κ1) is 26.4. The van der Waals surface area contributed by atoms with E-state index >= 15 is 0 Å². The molecule has 1 N–H and O–H groups in total. The Labute approximate surface area is 234 Å². The number of fused-ring (bicyclic) bond motifs is 1. The lowest BCUT2D eigenvalue weighted by molar-refractivity contribution is -0.127. The van der Waals surface area contributed by atoms with Crippen molar-refractivity contribution in [3.05, 3.63) is 100 Å². The van der Waals surface area contributed by atoms with Gasteiger partial charge in [-0.2, -0.15) is 5.26 Å². The van der Waals surface area contributed by atoms with Crippen LogP contribution in [0.4, 0.5) is 10.5 Å². The third-order valence-electron chi connectivity index (χ3n) is 6.55. The van der Waals surface area contributed by atoms with Gasteiger partial charge in [-0.3, -0.25) is 19.3 Å². The number of hydrogen-bond acceptors (Lipinski definition) is 6. The molecule has 0 atom stereocenters. The summed E-state index contributed by atoms with van der Waals surface area (Å²) in [6, 6.07) is 24.9. The number of carbonyl (C=O) groups is 3. The van der Waals surface area contributed by atoms with E-state index in [4.69, 9.17) is 0 Å². The number of carbonyl (C=O) groups excluding carboxylic acids is 3. The lowest BCUT2D eigenvalue weighted by atomic mass is 10.1. The second-order valence-electron chi connectivity index (χ2n) is 8.92. The number of nitrogens with zero attached hydrogens (tertiary/aromatic N) is 3. The maximum Gasteiger partial charge on any atom is 0.294 e. The number of rotatable bonds is 7. The molecule has 9 heteroatoms. The van der Waals surface area contributed by atoms with Crippen LogP contribution in [0.2, 0.25) is 0 Å². The van der Waals surface area contributed by atoms with Crippen LogP contribution in [0, 0.1) is 18.3 Å². The first-order valence-corrected chi connectivity index (χ1v) is 14.2. The van der Waals surface area contributed by atoms with Gasteiger partial charge in [-0.1, -0.05) is 42.5 Å². The van der Waals surface area contributed by atoms with Crippen LogP contribution < -0.4 is 5.32 Å². The molecule has 3 amide bonds. The zero-order chi connectivity index (χ0) is 27.5. The maximum absolute atomic E-state index is 13.2. The van der Waals surface area contributed by atoms with Crippen molar-refractivity contribution in [2.24, 2.45) is 0 Å². The highest BCUT2D eigenvalue weighted by Gasteiger charge is 2.36. The van der Waals surface area contributed by atoms with Crippen molar-refractivity contribution in [2.45, 2.75) is 18.4 Å². The number of imide groups is 1. The predicted octanol–water partition coefficient (Wildman–Crippen LogP) is 6.27. The van der Waals surface area contributed by atoms with Crippen molar-refractivity contribution in [3.63, 3.8) is 0 Å². The molecule has 7 nitrogen and oxygen atoms in total. The highest BCUT2D eigenvalue weighted by molar-refractivity contribution is 8.18. The van der Waals surface area contributed by atoms with Crippen LogP contribution in [0.1, 0.15) is 22.4 Å². The van der Waals surface area contributed by atoms with Crippen molar-refractivity contribution in [2.75, 3.05) is 18.1 Å². The Bertz CT molecular complexity index is 1700. The van der Waals surface area contributed by atoms with Crippen LogP contribution in [0.5, 0.6) is 0 Å². The first-order valence-electron chi connectivity index (χ1n) is 12.1. The second kappa shape index (κ2) is 11.2. The Morgan fingerprint density at radius 2 is 1.85 bits per heavy atom. The lowest BCUT2D eigenvalue weighted by Crippen LogP contribution is -2.36. The van der Waals surface area contributed by atoms with E-state index in [0.29, 0.717) is 17.8 Å². The monoisotopic (exact) mass is 552 g/mol. The Balaban J connectivity index is 1.42. The minimum atomic E-state index is -0.496. The number of anilines is 1. The van der Waals surface area contributed by atoms with Gasteiger partial charge in [-0.25, -0.2) is 0 Å². The van der Waals surface area contributed by atoms with Crippen LogP contribution >= 0.6 is 23.5 Å². The van der Waals surface area contributed by atoms with Crippen LogP contribution in [0.15, 0.2) is 82.6 Å². The summed E-state index contributed by atoms with van der Waals surface area (Å²) in [5.74, 6) is -0.940.